The first-order chi connectivity index (χ1) is 8.78. The zero-order valence-corrected chi connectivity index (χ0v) is 12.0. The van der Waals surface area contributed by atoms with Gasteiger partial charge in [-0.15, -0.1) is 0 Å². The molecule has 0 aliphatic heterocycles. The van der Waals surface area contributed by atoms with Crippen LogP contribution in [0.5, 0.6) is 0 Å². The molecule has 0 unspecified atom stereocenters. The summed E-state index contributed by atoms with van der Waals surface area (Å²) in [5.41, 5.74) is 0.424. The van der Waals surface area contributed by atoms with E-state index in [0.29, 0.717) is 12.8 Å². The fraction of sp³-hybridized carbons (Fsp3) is 0.643. The van der Waals surface area contributed by atoms with Crippen molar-refractivity contribution in [2.24, 2.45) is 5.92 Å². The van der Waals surface area contributed by atoms with Crippen molar-refractivity contribution in [3.63, 3.8) is 0 Å². The minimum Gasteiger partial charge on any atom is -0.460 e. The van der Waals surface area contributed by atoms with Gasteiger partial charge in [-0.1, -0.05) is 6.92 Å². The van der Waals surface area contributed by atoms with Crippen LogP contribution >= 0.6 is 0 Å². The van der Waals surface area contributed by atoms with E-state index in [1.807, 2.05) is 20.8 Å². The second-order valence-electron chi connectivity index (χ2n) is 5.73. The number of hydrogen-bond donors (Lipinski definition) is 1. The lowest BCUT2D eigenvalue weighted by molar-refractivity contribution is -0.157. The fourth-order valence-corrected chi connectivity index (χ4v) is 1.67. The summed E-state index contributed by atoms with van der Waals surface area (Å²) >= 11 is 0. The summed E-state index contributed by atoms with van der Waals surface area (Å²) in [5, 5.41) is 0. The van der Waals surface area contributed by atoms with Crippen LogP contribution in [0.4, 0.5) is 0 Å². The first kappa shape index (κ1) is 15.4. The highest BCUT2D eigenvalue weighted by molar-refractivity contribution is 5.85. The predicted molar refractivity (Wildman–Crippen MR) is 71.5 cm³/mol. The molecule has 0 saturated heterocycles. The van der Waals surface area contributed by atoms with E-state index in [-0.39, 0.29) is 24.1 Å². The number of nitrogens with one attached hydrogen (secondary N) is 1. The van der Waals surface area contributed by atoms with E-state index < -0.39 is 5.60 Å². The SMILES string of the molecule is C[C@H](CC(=O)OC(C)(C)C)C(=O)CCc1cnc[nH]1. The highest BCUT2D eigenvalue weighted by Crippen LogP contribution is 2.14. The van der Waals surface area contributed by atoms with E-state index in [1.165, 1.54) is 0 Å². The van der Waals surface area contributed by atoms with Crippen LogP contribution in [-0.2, 0) is 20.7 Å². The van der Waals surface area contributed by atoms with Gasteiger partial charge in [0.25, 0.3) is 0 Å². The van der Waals surface area contributed by atoms with Crippen molar-refractivity contribution in [1.29, 1.82) is 0 Å². The molecule has 1 atom stereocenters. The lowest BCUT2D eigenvalue weighted by atomic mass is 9.98. The molecule has 0 spiro atoms. The molecule has 19 heavy (non-hydrogen) atoms. The predicted octanol–water partition coefficient (Wildman–Crippen LogP) is 2.28. The smallest absolute Gasteiger partial charge is 0.307 e. The summed E-state index contributed by atoms with van der Waals surface area (Å²) in [7, 11) is 0. The van der Waals surface area contributed by atoms with E-state index in [4.69, 9.17) is 4.74 Å². The Kier molecular flexibility index (Phi) is 5.27. The van der Waals surface area contributed by atoms with Gasteiger partial charge >= 0.3 is 5.97 Å². The number of imidazole rings is 1. The van der Waals surface area contributed by atoms with Crippen LogP contribution in [0.2, 0.25) is 0 Å². The molecule has 1 aromatic heterocycles. The quantitative estimate of drug-likeness (QED) is 0.802. The van der Waals surface area contributed by atoms with Crippen LogP contribution in [0, 0.1) is 5.92 Å². The normalized spacial score (nSPS) is 13.1. The zero-order chi connectivity index (χ0) is 14.5. The van der Waals surface area contributed by atoms with Crippen molar-refractivity contribution >= 4 is 11.8 Å². The maximum Gasteiger partial charge on any atom is 0.307 e. The Labute approximate surface area is 113 Å². The number of rotatable bonds is 6. The summed E-state index contributed by atoms with van der Waals surface area (Å²) < 4.78 is 5.20. The number of carbonyl (C=O) groups excluding carboxylic acids is 2. The van der Waals surface area contributed by atoms with Crippen LogP contribution in [-0.4, -0.2) is 27.3 Å². The number of Topliss-reactive ketones (excluding diaryl/α,β-unsaturated/α-hetero) is 1. The van der Waals surface area contributed by atoms with Gasteiger partial charge in [-0.05, 0) is 27.2 Å². The van der Waals surface area contributed by atoms with Crippen LogP contribution in [0.25, 0.3) is 0 Å². The maximum absolute atomic E-state index is 11.9. The van der Waals surface area contributed by atoms with Gasteiger partial charge in [-0.3, -0.25) is 9.59 Å². The average Bonchev–Trinajstić information content (AvgIpc) is 2.75. The third-order valence-electron chi connectivity index (χ3n) is 2.64. The second kappa shape index (κ2) is 6.50. The molecule has 1 heterocycles. The van der Waals surface area contributed by atoms with Crippen molar-refractivity contribution in [2.75, 3.05) is 0 Å². The third kappa shape index (κ3) is 6.18. The minimum absolute atomic E-state index is 0.0699. The molecule has 0 fully saturated rings. The van der Waals surface area contributed by atoms with E-state index >= 15 is 0 Å². The fourth-order valence-electron chi connectivity index (χ4n) is 1.67. The number of aromatic amines is 1. The number of aromatic nitrogens is 2. The molecule has 0 bridgehead atoms. The minimum atomic E-state index is -0.504. The molecule has 0 amide bonds. The number of ketones is 1. The van der Waals surface area contributed by atoms with Gasteiger partial charge in [0, 0.05) is 24.2 Å². The molecule has 0 saturated carbocycles. The topological polar surface area (TPSA) is 72.1 Å². The van der Waals surface area contributed by atoms with E-state index in [0.717, 1.165) is 5.69 Å². The number of nitrogens with zero attached hydrogens (tertiary/aromatic N) is 1. The highest BCUT2D eigenvalue weighted by Gasteiger charge is 2.21. The molecule has 1 N–H and O–H groups in total. The third-order valence-corrected chi connectivity index (χ3v) is 2.64. The van der Waals surface area contributed by atoms with E-state index in [2.05, 4.69) is 9.97 Å². The van der Waals surface area contributed by atoms with Gasteiger partial charge in [0.15, 0.2) is 0 Å². The van der Waals surface area contributed by atoms with Crippen LogP contribution < -0.4 is 0 Å². The summed E-state index contributed by atoms with van der Waals surface area (Å²) in [6, 6.07) is 0. The van der Waals surface area contributed by atoms with Crippen LogP contribution in [0.1, 0.15) is 46.2 Å². The largest absolute Gasteiger partial charge is 0.460 e. The van der Waals surface area contributed by atoms with Gasteiger partial charge in [0.1, 0.15) is 11.4 Å². The molecule has 0 aromatic carbocycles. The Bertz CT molecular complexity index is 418. The van der Waals surface area contributed by atoms with Crippen LogP contribution in [0.15, 0.2) is 12.5 Å². The summed E-state index contributed by atoms with van der Waals surface area (Å²) in [6.45, 7) is 7.21. The molecular weight excluding hydrogens is 244 g/mol. The Hall–Kier alpha value is -1.65. The Morgan fingerprint density at radius 1 is 1.42 bits per heavy atom. The maximum atomic E-state index is 11.9. The number of ether oxygens (including phenoxy) is 1. The zero-order valence-electron chi connectivity index (χ0n) is 12.0. The first-order valence-electron chi connectivity index (χ1n) is 6.50. The number of aryl methyl sites for hydroxylation is 1. The van der Waals surface area contributed by atoms with Crippen molar-refractivity contribution in [1.82, 2.24) is 9.97 Å². The summed E-state index contributed by atoms with van der Waals surface area (Å²) in [6.07, 6.45) is 4.46. The molecule has 0 aliphatic rings. The van der Waals surface area contributed by atoms with Gasteiger partial charge in [-0.2, -0.15) is 0 Å². The monoisotopic (exact) mass is 266 g/mol. The molecule has 5 heteroatoms. The summed E-state index contributed by atoms with van der Waals surface area (Å²) in [4.78, 5) is 30.4. The average molecular weight is 266 g/mol. The molecule has 0 radical (unpaired) electrons. The number of H-pyrrole nitrogens is 1. The number of esters is 1. The molecule has 5 nitrogen and oxygen atoms in total. The standard InChI is InChI=1S/C14H22N2O3/c1-10(7-13(18)19-14(2,3)4)12(17)6-5-11-8-15-9-16-11/h8-10H,5-7H2,1-4H3,(H,15,16)/t10-/m1/s1. The second-order valence-corrected chi connectivity index (χ2v) is 5.73. The highest BCUT2D eigenvalue weighted by atomic mass is 16.6. The van der Waals surface area contributed by atoms with Crippen molar-refractivity contribution in [3.8, 4) is 0 Å². The Morgan fingerprint density at radius 3 is 2.63 bits per heavy atom. The lowest BCUT2D eigenvalue weighted by Gasteiger charge is -2.20. The van der Waals surface area contributed by atoms with Gasteiger partial charge in [0.2, 0.25) is 0 Å². The van der Waals surface area contributed by atoms with Gasteiger partial charge < -0.3 is 9.72 Å². The van der Waals surface area contributed by atoms with E-state index in [1.54, 1.807) is 19.4 Å². The molecule has 106 valence electrons. The number of hydrogen-bond acceptors (Lipinski definition) is 4. The molecule has 0 aliphatic carbocycles. The Morgan fingerprint density at radius 2 is 2.11 bits per heavy atom. The lowest BCUT2D eigenvalue weighted by Crippen LogP contribution is -2.26. The van der Waals surface area contributed by atoms with Gasteiger partial charge in [0.05, 0.1) is 12.7 Å². The Balaban J connectivity index is 2.34. The molecular formula is C14H22N2O3. The molecule has 1 aromatic rings. The van der Waals surface area contributed by atoms with Crippen molar-refractivity contribution in [2.45, 2.75) is 52.6 Å². The first-order valence-corrected chi connectivity index (χ1v) is 6.50. The van der Waals surface area contributed by atoms with Gasteiger partial charge in [-0.25, -0.2) is 4.98 Å². The molecule has 1 rings (SSSR count). The summed E-state index contributed by atoms with van der Waals surface area (Å²) in [5.74, 6) is -0.562. The van der Waals surface area contributed by atoms with Crippen molar-refractivity contribution < 1.29 is 14.3 Å². The van der Waals surface area contributed by atoms with Crippen LogP contribution in [0.3, 0.4) is 0 Å². The van der Waals surface area contributed by atoms with Crippen molar-refractivity contribution in [3.05, 3.63) is 18.2 Å². The number of carbonyl (C=O) groups is 2. The van der Waals surface area contributed by atoms with E-state index in [9.17, 15) is 9.59 Å².